The van der Waals surface area contributed by atoms with Crippen molar-refractivity contribution in [2.45, 2.75) is 31.5 Å². The Hall–Kier alpha value is -0.100. The highest BCUT2D eigenvalue weighted by Gasteiger charge is 2.09. The Labute approximate surface area is 71.4 Å². The Bertz CT molecular complexity index is 120. The standard InChI is InChI=1S/C6H15N3OS/c1-4(8-3)6(7)9-11-5(2)10/h4-6,9-10H,3,7H2,1-2H3. The number of aliphatic hydroxyl groups excluding tert-OH is 1. The number of nitrogens with one attached hydrogen (secondary N) is 1. The number of rotatable bonds is 5. The lowest BCUT2D eigenvalue weighted by Gasteiger charge is -2.17. The normalized spacial score (nSPS) is 18.9. The molecular weight excluding hydrogens is 162 g/mol. The van der Waals surface area contributed by atoms with Gasteiger partial charge in [0.25, 0.3) is 0 Å². The molecule has 5 heteroatoms. The fraction of sp³-hybridized carbons (Fsp3) is 0.833. The van der Waals surface area contributed by atoms with Gasteiger partial charge in [-0.05, 0) is 32.5 Å². The summed E-state index contributed by atoms with van der Waals surface area (Å²) < 4.78 is 2.84. The molecule has 0 aliphatic rings. The molecule has 0 heterocycles. The predicted molar refractivity (Wildman–Crippen MR) is 49.4 cm³/mol. The summed E-state index contributed by atoms with van der Waals surface area (Å²) in [6.45, 7) is 6.88. The first kappa shape index (κ1) is 10.9. The number of aliphatic imine (C=N–C) groups is 1. The zero-order valence-electron chi connectivity index (χ0n) is 6.82. The highest BCUT2D eigenvalue weighted by Crippen LogP contribution is 2.03. The molecule has 4 N–H and O–H groups in total. The molecule has 0 rings (SSSR count). The molecule has 0 aromatic heterocycles. The quantitative estimate of drug-likeness (QED) is 0.312. The number of aliphatic hydroxyl groups is 1. The van der Waals surface area contributed by atoms with E-state index in [1.165, 1.54) is 11.9 Å². The fourth-order valence-corrected chi connectivity index (χ4v) is 0.940. The largest absolute Gasteiger partial charge is 0.381 e. The Morgan fingerprint density at radius 2 is 2.18 bits per heavy atom. The van der Waals surface area contributed by atoms with E-state index in [4.69, 9.17) is 10.8 Å². The Kier molecular flexibility index (Phi) is 5.49. The summed E-state index contributed by atoms with van der Waals surface area (Å²) in [5.41, 5.74) is 5.14. The molecule has 0 fully saturated rings. The van der Waals surface area contributed by atoms with Gasteiger partial charge in [-0.15, -0.1) is 0 Å². The van der Waals surface area contributed by atoms with Gasteiger partial charge in [-0.1, -0.05) is 0 Å². The minimum Gasteiger partial charge on any atom is -0.381 e. The maximum Gasteiger partial charge on any atom is 0.110 e. The monoisotopic (exact) mass is 177 g/mol. The minimum absolute atomic E-state index is 0.0405. The van der Waals surface area contributed by atoms with Crippen molar-refractivity contribution in [3.8, 4) is 0 Å². The van der Waals surface area contributed by atoms with Crippen LogP contribution >= 0.6 is 11.9 Å². The van der Waals surface area contributed by atoms with Crippen molar-refractivity contribution in [3.63, 3.8) is 0 Å². The molecular formula is C6H15N3OS. The molecule has 0 amide bonds. The summed E-state index contributed by atoms with van der Waals surface area (Å²) in [4.78, 5) is 3.73. The summed E-state index contributed by atoms with van der Waals surface area (Å²) in [6, 6.07) is -0.0405. The molecule has 66 valence electrons. The van der Waals surface area contributed by atoms with Crippen molar-refractivity contribution in [2.75, 3.05) is 0 Å². The highest BCUT2D eigenvalue weighted by atomic mass is 32.2. The van der Waals surface area contributed by atoms with Crippen LogP contribution in [-0.2, 0) is 0 Å². The summed E-state index contributed by atoms with van der Waals surface area (Å²) in [5.74, 6) is 0. The van der Waals surface area contributed by atoms with Crippen molar-refractivity contribution in [1.82, 2.24) is 4.72 Å². The van der Waals surface area contributed by atoms with Crippen LogP contribution < -0.4 is 10.5 Å². The van der Waals surface area contributed by atoms with E-state index in [2.05, 4.69) is 16.4 Å². The van der Waals surface area contributed by atoms with Crippen molar-refractivity contribution in [2.24, 2.45) is 10.7 Å². The van der Waals surface area contributed by atoms with E-state index >= 15 is 0 Å². The van der Waals surface area contributed by atoms with E-state index in [9.17, 15) is 0 Å². The third kappa shape index (κ3) is 5.20. The molecule has 0 aliphatic carbocycles. The summed E-state index contributed by atoms with van der Waals surface area (Å²) in [5, 5.41) is 8.85. The van der Waals surface area contributed by atoms with Gasteiger partial charge in [-0.2, -0.15) is 0 Å². The van der Waals surface area contributed by atoms with Gasteiger partial charge in [0, 0.05) is 0 Å². The van der Waals surface area contributed by atoms with Crippen LogP contribution in [0.2, 0.25) is 0 Å². The first-order valence-electron chi connectivity index (χ1n) is 3.38. The summed E-state index contributed by atoms with van der Waals surface area (Å²) in [7, 11) is 0. The molecule has 0 bridgehead atoms. The number of nitrogens with two attached hydrogens (primary N) is 1. The summed E-state index contributed by atoms with van der Waals surface area (Å²) in [6.07, 6.45) is -0.257. The SMILES string of the molecule is C=NC(C)C(N)NSC(C)O. The van der Waals surface area contributed by atoms with Gasteiger partial charge in [-0.25, -0.2) is 4.72 Å². The van der Waals surface area contributed by atoms with Crippen molar-refractivity contribution >= 4 is 18.7 Å². The second-order valence-corrected chi connectivity index (χ2v) is 3.44. The third-order valence-electron chi connectivity index (χ3n) is 1.18. The zero-order valence-corrected chi connectivity index (χ0v) is 7.64. The zero-order chi connectivity index (χ0) is 8.85. The van der Waals surface area contributed by atoms with Crippen molar-refractivity contribution in [3.05, 3.63) is 0 Å². The Morgan fingerprint density at radius 1 is 1.64 bits per heavy atom. The van der Waals surface area contributed by atoms with E-state index in [0.717, 1.165) is 0 Å². The lowest BCUT2D eigenvalue weighted by molar-refractivity contribution is 0.282. The van der Waals surface area contributed by atoms with Crippen molar-refractivity contribution in [1.29, 1.82) is 0 Å². The maximum absolute atomic E-state index is 8.85. The average molecular weight is 177 g/mol. The van der Waals surface area contributed by atoms with E-state index in [1.54, 1.807) is 6.92 Å². The van der Waals surface area contributed by atoms with Gasteiger partial charge < -0.3 is 10.8 Å². The number of nitrogens with zero attached hydrogens (tertiary/aromatic N) is 1. The molecule has 3 atom stereocenters. The van der Waals surface area contributed by atoms with Crippen LogP contribution in [0.25, 0.3) is 0 Å². The lowest BCUT2D eigenvalue weighted by atomic mass is 10.3. The fourth-order valence-electron chi connectivity index (χ4n) is 0.389. The van der Waals surface area contributed by atoms with E-state index < -0.39 is 5.44 Å². The van der Waals surface area contributed by atoms with Crippen LogP contribution in [0.1, 0.15) is 13.8 Å². The molecule has 0 aliphatic heterocycles. The van der Waals surface area contributed by atoms with Gasteiger partial charge in [0.1, 0.15) is 5.44 Å². The van der Waals surface area contributed by atoms with Gasteiger partial charge in [0.15, 0.2) is 0 Å². The molecule has 3 unspecified atom stereocenters. The topological polar surface area (TPSA) is 70.6 Å². The van der Waals surface area contributed by atoms with E-state index in [0.29, 0.717) is 0 Å². The predicted octanol–water partition coefficient (Wildman–Crippen LogP) is -0.0636. The molecule has 0 saturated carbocycles. The first-order valence-corrected chi connectivity index (χ1v) is 4.26. The molecule has 0 saturated heterocycles. The number of hydrogen-bond donors (Lipinski definition) is 3. The molecule has 11 heavy (non-hydrogen) atoms. The Morgan fingerprint density at radius 3 is 2.55 bits per heavy atom. The molecule has 0 aromatic carbocycles. The van der Waals surface area contributed by atoms with Crippen LogP contribution in [0.5, 0.6) is 0 Å². The van der Waals surface area contributed by atoms with Crippen molar-refractivity contribution < 1.29 is 5.11 Å². The molecule has 0 spiro atoms. The molecule has 4 nitrogen and oxygen atoms in total. The number of hydrogen-bond acceptors (Lipinski definition) is 5. The lowest BCUT2D eigenvalue weighted by Crippen LogP contribution is -2.42. The molecule has 0 aromatic rings. The smallest absolute Gasteiger partial charge is 0.110 e. The van der Waals surface area contributed by atoms with Crippen LogP contribution in [0.3, 0.4) is 0 Å². The van der Waals surface area contributed by atoms with Crippen LogP contribution in [-0.4, -0.2) is 29.5 Å². The van der Waals surface area contributed by atoms with E-state index in [-0.39, 0.29) is 12.2 Å². The van der Waals surface area contributed by atoms with Gasteiger partial charge in [0.2, 0.25) is 0 Å². The highest BCUT2D eigenvalue weighted by molar-refractivity contribution is 7.97. The van der Waals surface area contributed by atoms with Gasteiger partial charge in [-0.3, -0.25) is 4.99 Å². The van der Waals surface area contributed by atoms with Crippen LogP contribution in [0.4, 0.5) is 0 Å². The van der Waals surface area contributed by atoms with Gasteiger partial charge >= 0.3 is 0 Å². The molecule has 0 radical (unpaired) electrons. The minimum atomic E-state index is -0.460. The second-order valence-electron chi connectivity index (χ2n) is 2.28. The van der Waals surface area contributed by atoms with Crippen LogP contribution in [0.15, 0.2) is 4.99 Å². The first-order chi connectivity index (χ1) is 5.07. The van der Waals surface area contributed by atoms with Gasteiger partial charge in [0.05, 0.1) is 12.2 Å². The summed E-state index contributed by atoms with van der Waals surface area (Å²) >= 11 is 1.18. The van der Waals surface area contributed by atoms with Crippen LogP contribution in [0, 0.1) is 0 Å². The maximum atomic E-state index is 8.85. The Balaban J connectivity index is 3.51. The second kappa shape index (κ2) is 5.54. The third-order valence-corrected chi connectivity index (χ3v) is 1.93. The average Bonchev–Trinajstić information content (AvgIpc) is 1.98. The van der Waals surface area contributed by atoms with E-state index in [1.807, 2.05) is 6.92 Å².